The predicted molar refractivity (Wildman–Crippen MR) is 539 cm³/mol. The summed E-state index contributed by atoms with van der Waals surface area (Å²) in [5.74, 6) is 5.70. The van der Waals surface area contributed by atoms with Gasteiger partial charge in [0.15, 0.2) is 0 Å². The molecule has 0 aromatic heterocycles. The van der Waals surface area contributed by atoms with Crippen LogP contribution in [0.3, 0.4) is 0 Å². The lowest BCUT2D eigenvalue weighted by molar-refractivity contribution is 0.0296. The Labute approximate surface area is 772 Å². The zero-order valence-electron chi connectivity index (χ0n) is 79.4. The average Bonchev–Trinajstić information content (AvgIpc) is 1.60. The fourth-order valence-corrected chi connectivity index (χ4v) is 28.0. The molecule has 16 heteroatoms. The van der Waals surface area contributed by atoms with Crippen LogP contribution in [-0.4, -0.2) is 79.5 Å². The first kappa shape index (κ1) is 109. The average molecular weight is 1860 g/mol. The molecule has 4 aliphatic heterocycles. The van der Waals surface area contributed by atoms with Crippen molar-refractivity contribution in [2.45, 2.75) is 326 Å². The third-order valence-corrected chi connectivity index (χ3v) is 32.4. The van der Waals surface area contributed by atoms with Crippen LogP contribution in [0.15, 0.2) is 219 Å². The summed E-state index contributed by atoms with van der Waals surface area (Å²) in [5, 5.41) is 1.78. The maximum atomic E-state index is 13.0. The van der Waals surface area contributed by atoms with Crippen LogP contribution >= 0.6 is 50.9 Å². The summed E-state index contributed by atoms with van der Waals surface area (Å²) < 4.78 is 82.9. The Kier molecular flexibility index (Phi) is 45.2. The Hall–Kier alpha value is -5.88. The molecule has 1 aliphatic carbocycles. The highest BCUT2D eigenvalue weighted by Crippen LogP contribution is 2.47. The van der Waals surface area contributed by atoms with Crippen molar-refractivity contribution >= 4 is 81.0 Å². The smallest absolute Gasteiger partial charge is 0.207 e. The number of aryl methyl sites for hydroxylation is 9. The van der Waals surface area contributed by atoms with Gasteiger partial charge in [-0.15, -0.1) is 11.8 Å². The number of hydrogen-bond donors (Lipinski definition) is 0. The highest BCUT2D eigenvalue weighted by molar-refractivity contribution is 9.10. The van der Waals surface area contributed by atoms with Crippen LogP contribution < -0.4 is 0 Å². The molecule has 4 heterocycles. The van der Waals surface area contributed by atoms with Gasteiger partial charge in [0.2, 0.25) is 30.1 Å². The number of sulfonamides is 3. The number of benzene rings is 9. The van der Waals surface area contributed by atoms with E-state index >= 15 is 0 Å². The summed E-state index contributed by atoms with van der Waals surface area (Å²) >= 11 is 17.3. The molecule has 9 nitrogen and oxygen atoms in total. The second kappa shape index (κ2) is 50.8. The van der Waals surface area contributed by atoms with E-state index in [9.17, 15) is 25.3 Å². The second-order valence-electron chi connectivity index (χ2n) is 36.9. The minimum atomic E-state index is -3.39. The number of halogens is 3. The van der Waals surface area contributed by atoms with Gasteiger partial charge in [-0.1, -0.05) is 317 Å². The molecule has 1 saturated carbocycles. The fraction of sp³-hybridized carbons (Fsp3) is 0.495. The van der Waals surface area contributed by atoms with E-state index in [-0.39, 0.29) is 36.3 Å². The minimum Gasteiger partial charge on any atom is -0.207 e. The standard InChI is InChI=1S/C16H23NO2S.C14H21NO2S2.C13H19NO2S.3C11H16.C10H13Br.2C10H13Cl.CH4/c1-12(2)16-13-8-10-14(11-9-13)17(16)20(18,19)15-6-4-3-5-7-15;1-11(2)13-14(3,4)18-10-15(13)19(16,17)12-8-6-5-7-9-12;1-11(2)13-9-6-10-14(13)17(15,16)12-7-4-3-5-8-12;3*1-8(2)11-9(3)6-5-7-10(11)4;3*1-7(2)10-8(3)5-4-6-9(10)11;/h3-7,12-14,16H,8-11H2,1-2H3;5-9,11,13H,10H2,1-4H3;3-5,7-8,11,13H,6,9-10H2,1-2H3;3*5-8H,1-4H3;3*4-7H,1-3H3;1H4. The second-order valence-corrected chi connectivity index (χ2v) is 45.8. The molecule has 0 radical (unpaired) electrons. The van der Waals surface area contributed by atoms with Gasteiger partial charge in [-0.3, -0.25) is 0 Å². The van der Waals surface area contributed by atoms with Crippen molar-refractivity contribution in [2.24, 2.45) is 23.7 Å². The van der Waals surface area contributed by atoms with Crippen molar-refractivity contribution < 1.29 is 25.3 Å². The van der Waals surface area contributed by atoms with Crippen molar-refractivity contribution in [3.8, 4) is 0 Å². The van der Waals surface area contributed by atoms with Crippen molar-refractivity contribution in [3.05, 3.63) is 298 Å². The van der Waals surface area contributed by atoms with Crippen LogP contribution in [0.1, 0.15) is 303 Å². The van der Waals surface area contributed by atoms with Crippen LogP contribution in [0, 0.1) is 86.0 Å². The number of piperidine rings is 2. The molecule has 3 unspecified atom stereocenters. The van der Waals surface area contributed by atoms with Gasteiger partial charge in [-0.05, 0) is 312 Å². The maximum absolute atomic E-state index is 13.0. The zero-order chi connectivity index (χ0) is 91.6. The lowest BCUT2D eigenvalue weighted by atomic mass is 9.73. The van der Waals surface area contributed by atoms with Gasteiger partial charge in [-0.2, -0.15) is 12.9 Å². The minimum absolute atomic E-state index is 0. The largest absolute Gasteiger partial charge is 0.244 e. The van der Waals surface area contributed by atoms with E-state index in [0.717, 1.165) is 35.7 Å². The van der Waals surface area contributed by atoms with E-state index in [2.05, 4.69) is 302 Å². The molecule has 678 valence electrons. The number of hydrogen-bond acceptors (Lipinski definition) is 7. The molecule has 0 amide bonds. The summed E-state index contributed by atoms with van der Waals surface area (Å²) in [4.78, 5) is 1.24. The quantitative estimate of drug-likeness (QED) is 0.100. The van der Waals surface area contributed by atoms with Gasteiger partial charge in [0, 0.05) is 50.0 Å². The molecule has 123 heavy (non-hydrogen) atoms. The van der Waals surface area contributed by atoms with E-state index in [1.165, 1.54) is 101 Å². The molecular weight excluding hydrogens is 1700 g/mol. The van der Waals surface area contributed by atoms with Gasteiger partial charge in [0.1, 0.15) is 0 Å². The highest BCUT2D eigenvalue weighted by atomic mass is 79.9. The molecule has 9 aromatic carbocycles. The number of nitrogens with zero attached hydrogens (tertiary/aromatic N) is 3. The molecule has 5 fully saturated rings. The third kappa shape index (κ3) is 30.7. The van der Waals surface area contributed by atoms with E-state index in [4.69, 9.17) is 23.2 Å². The first-order chi connectivity index (χ1) is 57.1. The van der Waals surface area contributed by atoms with Gasteiger partial charge in [0.25, 0.3) is 0 Å². The van der Waals surface area contributed by atoms with Crippen LogP contribution in [0.2, 0.25) is 10.0 Å². The highest BCUT2D eigenvalue weighted by Gasteiger charge is 2.50. The van der Waals surface area contributed by atoms with E-state index in [1.54, 1.807) is 93.2 Å². The van der Waals surface area contributed by atoms with Crippen molar-refractivity contribution in [1.82, 2.24) is 12.9 Å². The van der Waals surface area contributed by atoms with Crippen molar-refractivity contribution in [2.75, 3.05) is 12.4 Å². The molecule has 5 aliphatic rings. The lowest BCUT2D eigenvalue weighted by Gasteiger charge is -2.52. The van der Waals surface area contributed by atoms with E-state index < -0.39 is 30.1 Å². The summed E-state index contributed by atoms with van der Waals surface area (Å²) in [7, 11) is -10.0. The van der Waals surface area contributed by atoms with Crippen molar-refractivity contribution in [3.63, 3.8) is 0 Å². The Morgan fingerprint density at radius 1 is 0.350 bits per heavy atom. The molecule has 3 atom stereocenters. The monoisotopic (exact) mass is 1850 g/mol. The van der Waals surface area contributed by atoms with Gasteiger partial charge in [-0.25, -0.2) is 25.3 Å². The van der Waals surface area contributed by atoms with Crippen molar-refractivity contribution in [1.29, 1.82) is 0 Å². The predicted octanol–water partition coefficient (Wildman–Crippen LogP) is 31.3. The van der Waals surface area contributed by atoms with Crippen LogP contribution in [0.25, 0.3) is 0 Å². The first-order valence-electron chi connectivity index (χ1n) is 44.4. The summed E-state index contributed by atoms with van der Waals surface area (Å²) in [5.41, 5.74) is 20.9. The van der Waals surface area contributed by atoms with Crippen LogP contribution in [0.5, 0.6) is 0 Å². The Morgan fingerprint density at radius 2 is 0.642 bits per heavy atom. The van der Waals surface area contributed by atoms with Crippen LogP contribution in [-0.2, 0) is 30.1 Å². The summed E-state index contributed by atoms with van der Waals surface area (Å²) in [6.45, 7) is 63.6. The van der Waals surface area contributed by atoms with Gasteiger partial charge >= 0.3 is 0 Å². The number of thioether (sulfide) groups is 1. The SMILES string of the molecule is C.CC(C)C1C2CCC(CC2)N1S(=O)(=O)c1ccccc1.CC(C)C1CCCN1S(=O)(=O)c1ccccc1.CC(C)C1N(S(=O)(=O)c2ccccc2)CSC1(C)C.Cc1cccc(Br)c1C(C)C.Cc1cccc(C)c1C(C)C.Cc1cccc(C)c1C(C)C.Cc1cccc(C)c1C(C)C.Cc1cccc(Cl)c1C(C)C.Cc1cccc(Cl)c1C(C)C. The molecule has 14 rings (SSSR count). The van der Waals surface area contributed by atoms with Gasteiger partial charge < -0.3 is 0 Å². The zero-order valence-corrected chi connectivity index (χ0v) is 85.7. The molecular formula is C107H154BrCl2N3O6S4. The Bertz CT molecular complexity index is 4490. The molecule has 2 bridgehead atoms. The summed E-state index contributed by atoms with van der Waals surface area (Å²) in [6, 6.07) is 64.8. The Balaban J connectivity index is 0.000000294. The normalized spacial score (nSPS) is 17.5. The first-order valence-corrected chi connectivity index (χ1v) is 51.2. The molecule has 4 saturated heterocycles. The molecule has 0 spiro atoms. The Morgan fingerprint density at radius 3 is 0.911 bits per heavy atom. The molecule has 9 aromatic rings. The number of fused-ring (bicyclic) bond motifs is 3. The topological polar surface area (TPSA) is 112 Å². The van der Waals surface area contributed by atoms with Gasteiger partial charge in [0.05, 0.1) is 20.6 Å². The van der Waals surface area contributed by atoms with E-state index in [1.807, 2.05) is 46.8 Å². The third-order valence-electron chi connectivity index (χ3n) is 23.7. The maximum Gasteiger partial charge on any atom is 0.244 e. The molecule has 0 N–H and O–H groups in total. The summed E-state index contributed by atoms with van der Waals surface area (Å²) in [6.07, 6.45) is 6.38. The fourth-order valence-electron chi connectivity index (χ4n) is 18.7. The van der Waals surface area contributed by atoms with E-state index in [0.29, 0.717) is 86.3 Å². The van der Waals surface area contributed by atoms with Crippen LogP contribution in [0.4, 0.5) is 0 Å². The number of rotatable bonds is 15. The lowest BCUT2D eigenvalue weighted by Crippen LogP contribution is -2.59.